The van der Waals surface area contributed by atoms with Crippen LogP contribution in [-0.4, -0.2) is 29.1 Å². The number of amides is 3. The number of pyridine rings is 1. The van der Waals surface area contributed by atoms with Crippen LogP contribution in [0.25, 0.3) is 10.9 Å². The van der Waals surface area contributed by atoms with Crippen molar-refractivity contribution >= 4 is 51.7 Å². The van der Waals surface area contributed by atoms with Gasteiger partial charge in [-0.2, -0.15) is 13.2 Å². The summed E-state index contributed by atoms with van der Waals surface area (Å²) in [7, 11) is 0. The minimum Gasteiger partial charge on any atom is -0.493 e. The molecule has 1 fully saturated rings. The normalized spacial score (nSPS) is 18.1. The molecule has 4 rings (SSSR count). The second kappa shape index (κ2) is 9.78. The maximum absolute atomic E-state index is 13.5. The quantitative estimate of drug-likeness (QED) is 0.265. The summed E-state index contributed by atoms with van der Waals surface area (Å²) in [5, 5.41) is 3.60. The van der Waals surface area contributed by atoms with Crippen molar-refractivity contribution in [3.8, 4) is 5.75 Å². The number of rotatable bonds is 7. The standard InChI is InChI=1S/C25H22Cl2F3N3O3/c1-3-4-7-36-20-12-21(25(28,29)30)31-19-8-14(5-6-18(19)20)13-24(2)22(34)33(23(35)32-24)17-10-15(26)9-16(27)11-17/h5-6,8-12H,3-4,7,13H2,1-2H3,(H,32,35). The number of anilines is 1. The van der Waals surface area contributed by atoms with Crippen molar-refractivity contribution in [3.63, 3.8) is 0 Å². The Morgan fingerprint density at radius 2 is 1.78 bits per heavy atom. The second-order valence-corrected chi connectivity index (χ2v) is 9.64. The van der Waals surface area contributed by atoms with Gasteiger partial charge in [-0.1, -0.05) is 42.6 Å². The van der Waals surface area contributed by atoms with Crippen LogP contribution in [0.1, 0.15) is 37.9 Å². The number of unbranched alkanes of at least 4 members (excludes halogenated alkanes) is 1. The highest BCUT2D eigenvalue weighted by atomic mass is 35.5. The number of hydrogen-bond acceptors (Lipinski definition) is 4. The number of fused-ring (bicyclic) bond motifs is 1. The third-order valence-electron chi connectivity index (χ3n) is 5.81. The molecule has 0 bridgehead atoms. The van der Waals surface area contributed by atoms with E-state index in [1.807, 2.05) is 6.92 Å². The van der Waals surface area contributed by atoms with Gasteiger partial charge in [0.15, 0.2) is 0 Å². The summed E-state index contributed by atoms with van der Waals surface area (Å²) < 4.78 is 46.1. The molecular weight excluding hydrogens is 518 g/mol. The van der Waals surface area contributed by atoms with Gasteiger partial charge in [0.05, 0.1) is 17.8 Å². The first-order valence-corrected chi connectivity index (χ1v) is 11.9. The summed E-state index contributed by atoms with van der Waals surface area (Å²) in [4.78, 5) is 30.7. The van der Waals surface area contributed by atoms with Crippen LogP contribution in [-0.2, 0) is 17.4 Å². The Morgan fingerprint density at radius 3 is 2.42 bits per heavy atom. The van der Waals surface area contributed by atoms with Crippen molar-refractivity contribution in [3.05, 3.63) is 63.8 Å². The Bertz CT molecular complexity index is 1330. The number of alkyl halides is 3. The second-order valence-electron chi connectivity index (χ2n) is 8.76. The highest BCUT2D eigenvalue weighted by Gasteiger charge is 2.48. The molecule has 0 aliphatic carbocycles. The molecular formula is C25H22Cl2F3N3O3. The van der Waals surface area contributed by atoms with Crippen LogP contribution in [0, 0.1) is 0 Å². The number of benzene rings is 2. The molecule has 1 aliphatic rings. The molecule has 1 aliphatic heterocycles. The number of carbonyl (C=O) groups excluding carboxylic acids is 2. The van der Waals surface area contributed by atoms with E-state index in [0.29, 0.717) is 17.4 Å². The Balaban J connectivity index is 1.67. The van der Waals surface area contributed by atoms with E-state index in [9.17, 15) is 22.8 Å². The molecule has 0 spiro atoms. The lowest BCUT2D eigenvalue weighted by molar-refractivity contribution is -0.141. The predicted molar refractivity (Wildman–Crippen MR) is 132 cm³/mol. The van der Waals surface area contributed by atoms with Crippen LogP contribution in [0.5, 0.6) is 5.75 Å². The Hall–Kier alpha value is -3.04. The molecule has 0 radical (unpaired) electrons. The number of halogens is 5. The van der Waals surface area contributed by atoms with Gasteiger partial charge in [-0.15, -0.1) is 0 Å². The number of urea groups is 1. The Labute approximate surface area is 215 Å². The summed E-state index contributed by atoms with van der Waals surface area (Å²) in [6.07, 6.45) is -3.12. The van der Waals surface area contributed by atoms with Crippen molar-refractivity contribution in [1.29, 1.82) is 0 Å². The maximum Gasteiger partial charge on any atom is 0.433 e. The van der Waals surface area contributed by atoms with Crippen molar-refractivity contribution < 1.29 is 27.5 Å². The molecule has 2 heterocycles. The van der Waals surface area contributed by atoms with Crippen LogP contribution in [0.3, 0.4) is 0 Å². The van der Waals surface area contributed by atoms with Gasteiger partial charge in [0.2, 0.25) is 0 Å². The summed E-state index contributed by atoms with van der Waals surface area (Å²) >= 11 is 12.1. The highest BCUT2D eigenvalue weighted by molar-refractivity contribution is 6.35. The van der Waals surface area contributed by atoms with Crippen molar-refractivity contribution in [2.75, 3.05) is 11.5 Å². The number of carbonyl (C=O) groups is 2. The first-order chi connectivity index (χ1) is 16.9. The molecule has 36 heavy (non-hydrogen) atoms. The van der Waals surface area contributed by atoms with E-state index in [4.69, 9.17) is 27.9 Å². The number of ether oxygens (including phenoxy) is 1. The molecule has 3 amide bonds. The van der Waals surface area contributed by atoms with Crippen molar-refractivity contribution in [1.82, 2.24) is 10.3 Å². The zero-order chi connectivity index (χ0) is 26.3. The molecule has 1 unspecified atom stereocenters. The molecule has 6 nitrogen and oxygen atoms in total. The number of hydrogen-bond donors (Lipinski definition) is 1. The minimum atomic E-state index is -4.66. The van der Waals surface area contributed by atoms with Gasteiger partial charge in [-0.25, -0.2) is 14.7 Å². The van der Waals surface area contributed by atoms with Gasteiger partial charge >= 0.3 is 12.2 Å². The summed E-state index contributed by atoms with van der Waals surface area (Å²) in [6, 6.07) is 9.35. The molecule has 3 aromatic rings. The van der Waals surface area contributed by atoms with E-state index in [1.165, 1.54) is 24.3 Å². The predicted octanol–water partition coefficient (Wildman–Crippen LogP) is 6.80. The van der Waals surface area contributed by atoms with Crippen LogP contribution >= 0.6 is 23.2 Å². The number of aromatic nitrogens is 1. The van der Waals surface area contributed by atoms with Crippen LogP contribution in [0.4, 0.5) is 23.7 Å². The average Bonchev–Trinajstić information content (AvgIpc) is 2.99. The molecule has 1 saturated heterocycles. The zero-order valence-corrected chi connectivity index (χ0v) is 20.9. The fourth-order valence-corrected chi connectivity index (χ4v) is 4.57. The first-order valence-electron chi connectivity index (χ1n) is 11.2. The zero-order valence-electron chi connectivity index (χ0n) is 19.4. The molecule has 1 N–H and O–H groups in total. The van der Waals surface area contributed by atoms with E-state index >= 15 is 0 Å². The van der Waals surface area contributed by atoms with Gasteiger partial charge in [-0.05, 0) is 49.2 Å². The fourth-order valence-electron chi connectivity index (χ4n) is 4.06. The average molecular weight is 540 g/mol. The molecule has 190 valence electrons. The van der Waals surface area contributed by atoms with E-state index in [-0.39, 0.29) is 40.0 Å². The van der Waals surface area contributed by atoms with E-state index in [0.717, 1.165) is 17.4 Å². The van der Waals surface area contributed by atoms with Gasteiger partial charge < -0.3 is 10.1 Å². The molecule has 0 saturated carbocycles. The molecule has 11 heteroatoms. The fraction of sp³-hybridized carbons (Fsp3) is 0.320. The lowest BCUT2D eigenvalue weighted by Gasteiger charge is -2.22. The largest absolute Gasteiger partial charge is 0.493 e. The maximum atomic E-state index is 13.5. The minimum absolute atomic E-state index is 0.0161. The van der Waals surface area contributed by atoms with Gasteiger partial charge in [-0.3, -0.25) is 4.79 Å². The summed E-state index contributed by atoms with van der Waals surface area (Å²) in [5.41, 5.74) is -1.63. The summed E-state index contributed by atoms with van der Waals surface area (Å²) in [5.74, 6) is -0.459. The van der Waals surface area contributed by atoms with E-state index < -0.39 is 29.3 Å². The van der Waals surface area contributed by atoms with Crippen molar-refractivity contribution in [2.24, 2.45) is 0 Å². The van der Waals surface area contributed by atoms with Gasteiger partial charge in [0.1, 0.15) is 17.0 Å². The molecule has 1 aromatic heterocycles. The van der Waals surface area contributed by atoms with Crippen LogP contribution in [0.2, 0.25) is 10.0 Å². The monoisotopic (exact) mass is 539 g/mol. The van der Waals surface area contributed by atoms with Crippen molar-refractivity contribution in [2.45, 2.75) is 44.8 Å². The third-order valence-corrected chi connectivity index (χ3v) is 6.24. The Kier molecular flexibility index (Phi) is 7.07. The molecule has 2 aromatic carbocycles. The van der Waals surface area contributed by atoms with E-state index in [1.54, 1.807) is 19.1 Å². The number of imide groups is 1. The SMILES string of the molecule is CCCCOc1cc(C(F)(F)F)nc2cc(CC3(C)NC(=O)N(c4cc(Cl)cc(Cl)c4)C3=O)ccc12. The smallest absolute Gasteiger partial charge is 0.433 e. The topological polar surface area (TPSA) is 71.5 Å². The number of nitrogens with one attached hydrogen (secondary N) is 1. The lowest BCUT2D eigenvalue weighted by Crippen LogP contribution is -2.46. The number of nitrogens with zero attached hydrogens (tertiary/aromatic N) is 2. The van der Waals surface area contributed by atoms with Gasteiger partial charge in [0.25, 0.3) is 5.91 Å². The highest BCUT2D eigenvalue weighted by Crippen LogP contribution is 2.36. The lowest BCUT2D eigenvalue weighted by atomic mass is 9.92. The molecule has 1 atom stereocenters. The van der Waals surface area contributed by atoms with Crippen LogP contribution < -0.4 is 15.0 Å². The van der Waals surface area contributed by atoms with E-state index in [2.05, 4.69) is 10.3 Å². The Morgan fingerprint density at radius 1 is 1.08 bits per heavy atom. The first kappa shape index (κ1) is 26.0. The summed E-state index contributed by atoms with van der Waals surface area (Å²) in [6.45, 7) is 3.77. The third kappa shape index (κ3) is 5.22. The van der Waals surface area contributed by atoms with Crippen LogP contribution in [0.15, 0.2) is 42.5 Å². The van der Waals surface area contributed by atoms with Gasteiger partial charge in [0, 0.05) is 27.9 Å².